The Kier molecular flexibility index (Phi) is 5.22. The molecule has 0 aliphatic heterocycles. The van der Waals surface area contributed by atoms with Gasteiger partial charge in [0.25, 0.3) is 0 Å². The summed E-state index contributed by atoms with van der Waals surface area (Å²) in [5.74, 6) is 2.03. The van der Waals surface area contributed by atoms with Crippen LogP contribution in [0.2, 0.25) is 0 Å². The zero-order chi connectivity index (χ0) is 18.7. The number of rotatable bonds is 6. The molecule has 2 heterocycles. The minimum Gasteiger partial charge on any atom is -0.367 e. The van der Waals surface area contributed by atoms with Gasteiger partial charge >= 0.3 is 0 Å². The SMILES string of the molecule is CCOC1(C(N)=O)CCC(c2nc(C)cc(Nc3cc(C)[nH]n3)n2)CC1. The summed E-state index contributed by atoms with van der Waals surface area (Å²) < 4.78 is 5.71. The molecule has 0 atom stereocenters. The first-order valence-electron chi connectivity index (χ1n) is 9.00. The van der Waals surface area contributed by atoms with Crippen LogP contribution < -0.4 is 11.1 Å². The quantitative estimate of drug-likeness (QED) is 0.730. The second-order valence-corrected chi connectivity index (χ2v) is 6.88. The number of nitrogens with one attached hydrogen (secondary N) is 2. The first-order chi connectivity index (χ1) is 12.4. The van der Waals surface area contributed by atoms with E-state index in [1.54, 1.807) is 0 Å². The lowest BCUT2D eigenvalue weighted by atomic mass is 9.77. The van der Waals surface area contributed by atoms with E-state index < -0.39 is 5.60 Å². The molecule has 0 unspecified atom stereocenters. The third kappa shape index (κ3) is 3.85. The van der Waals surface area contributed by atoms with Crippen LogP contribution in [0.5, 0.6) is 0 Å². The van der Waals surface area contributed by atoms with Gasteiger partial charge in [0.05, 0.1) is 0 Å². The fourth-order valence-corrected chi connectivity index (χ4v) is 3.53. The van der Waals surface area contributed by atoms with Gasteiger partial charge in [0.1, 0.15) is 17.2 Å². The van der Waals surface area contributed by atoms with E-state index in [0.29, 0.717) is 19.4 Å². The van der Waals surface area contributed by atoms with E-state index in [4.69, 9.17) is 10.5 Å². The third-order valence-electron chi connectivity index (χ3n) is 4.86. The van der Waals surface area contributed by atoms with Gasteiger partial charge in [0.2, 0.25) is 5.91 Å². The summed E-state index contributed by atoms with van der Waals surface area (Å²) in [6.07, 6.45) is 2.74. The summed E-state index contributed by atoms with van der Waals surface area (Å²) in [5.41, 5.74) is 6.62. The number of nitrogens with zero attached hydrogens (tertiary/aromatic N) is 3. The summed E-state index contributed by atoms with van der Waals surface area (Å²) >= 11 is 0. The number of aromatic amines is 1. The van der Waals surface area contributed by atoms with Crippen molar-refractivity contribution in [2.75, 3.05) is 11.9 Å². The highest BCUT2D eigenvalue weighted by atomic mass is 16.5. The predicted molar refractivity (Wildman–Crippen MR) is 98.1 cm³/mol. The number of carbonyl (C=O) groups excluding carboxylic acids is 1. The van der Waals surface area contributed by atoms with Crippen LogP contribution in [0.25, 0.3) is 0 Å². The second-order valence-electron chi connectivity index (χ2n) is 6.88. The zero-order valence-electron chi connectivity index (χ0n) is 15.5. The third-order valence-corrected chi connectivity index (χ3v) is 4.86. The normalized spacial score (nSPS) is 23.0. The fourth-order valence-electron chi connectivity index (χ4n) is 3.53. The van der Waals surface area contributed by atoms with Crippen molar-refractivity contribution >= 4 is 17.5 Å². The molecule has 2 aromatic heterocycles. The van der Waals surface area contributed by atoms with Crippen LogP contribution in [0.4, 0.5) is 11.6 Å². The number of anilines is 2. The van der Waals surface area contributed by atoms with Gasteiger partial charge < -0.3 is 15.8 Å². The molecule has 8 nitrogen and oxygen atoms in total. The Balaban J connectivity index is 1.75. The van der Waals surface area contributed by atoms with Crippen molar-refractivity contribution < 1.29 is 9.53 Å². The van der Waals surface area contributed by atoms with Gasteiger partial charge in [-0.15, -0.1) is 0 Å². The number of carbonyl (C=O) groups is 1. The standard InChI is InChI=1S/C18H26N6O2/c1-4-26-18(17(19)25)7-5-13(6-8-18)16-20-11(2)9-14(22-16)21-15-10-12(3)23-24-15/h9-10,13H,4-8H2,1-3H3,(H2,19,25)(H2,20,21,22,23,24). The molecule has 4 N–H and O–H groups in total. The van der Waals surface area contributed by atoms with Crippen LogP contribution in [0.1, 0.15) is 55.7 Å². The highest BCUT2D eigenvalue weighted by Crippen LogP contribution is 2.39. The number of amides is 1. The fraction of sp³-hybridized carbons (Fsp3) is 0.556. The van der Waals surface area contributed by atoms with Crippen molar-refractivity contribution in [1.29, 1.82) is 0 Å². The maximum atomic E-state index is 11.9. The Morgan fingerprint density at radius 1 is 1.31 bits per heavy atom. The number of hydrogen-bond donors (Lipinski definition) is 3. The molecule has 140 valence electrons. The monoisotopic (exact) mass is 358 g/mol. The largest absolute Gasteiger partial charge is 0.367 e. The van der Waals surface area contributed by atoms with Crippen molar-refractivity contribution in [3.05, 3.63) is 29.3 Å². The lowest BCUT2D eigenvalue weighted by Crippen LogP contribution is -2.48. The van der Waals surface area contributed by atoms with Gasteiger partial charge in [-0.05, 0) is 46.5 Å². The number of hydrogen-bond acceptors (Lipinski definition) is 6. The van der Waals surface area contributed by atoms with Gasteiger partial charge in [0, 0.05) is 36.0 Å². The van der Waals surface area contributed by atoms with E-state index in [0.717, 1.165) is 41.7 Å². The van der Waals surface area contributed by atoms with Crippen molar-refractivity contribution in [1.82, 2.24) is 20.2 Å². The van der Waals surface area contributed by atoms with Crippen molar-refractivity contribution in [2.24, 2.45) is 5.73 Å². The molecule has 1 aliphatic carbocycles. The van der Waals surface area contributed by atoms with E-state index in [2.05, 4.69) is 25.5 Å². The molecule has 1 aliphatic rings. The summed E-state index contributed by atoms with van der Waals surface area (Å²) in [7, 11) is 0. The highest BCUT2D eigenvalue weighted by Gasteiger charge is 2.42. The highest BCUT2D eigenvalue weighted by molar-refractivity contribution is 5.83. The smallest absolute Gasteiger partial charge is 0.249 e. The molecule has 0 spiro atoms. The van der Waals surface area contributed by atoms with Crippen LogP contribution in [0.3, 0.4) is 0 Å². The average molecular weight is 358 g/mol. The number of nitrogens with two attached hydrogens (primary N) is 1. The van der Waals surface area contributed by atoms with E-state index in [1.165, 1.54) is 0 Å². The van der Waals surface area contributed by atoms with E-state index >= 15 is 0 Å². The summed E-state index contributed by atoms with van der Waals surface area (Å²) in [5, 5.41) is 10.3. The number of ether oxygens (including phenoxy) is 1. The van der Waals surface area contributed by atoms with Crippen molar-refractivity contribution in [2.45, 2.75) is 58.0 Å². The van der Waals surface area contributed by atoms with Crippen LogP contribution in [0.15, 0.2) is 12.1 Å². The molecule has 1 fully saturated rings. The van der Waals surface area contributed by atoms with Crippen molar-refractivity contribution in [3.8, 4) is 0 Å². The van der Waals surface area contributed by atoms with Crippen LogP contribution >= 0.6 is 0 Å². The molecular formula is C18H26N6O2. The molecule has 26 heavy (non-hydrogen) atoms. The molecular weight excluding hydrogens is 332 g/mol. The number of aromatic nitrogens is 4. The van der Waals surface area contributed by atoms with Crippen LogP contribution in [0, 0.1) is 13.8 Å². The first-order valence-corrected chi connectivity index (χ1v) is 9.00. The number of primary amides is 1. The molecule has 8 heteroatoms. The molecule has 0 saturated heterocycles. The maximum Gasteiger partial charge on any atom is 0.249 e. The minimum atomic E-state index is -0.845. The summed E-state index contributed by atoms with van der Waals surface area (Å²) in [6, 6.07) is 3.81. The molecule has 3 rings (SSSR count). The lowest BCUT2D eigenvalue weighted by Gasteiger charge is -2.36. The van der Waals surface area contributed by atoms with Gasteiger partial charge in [-0.1, -0.05) is 0 Å². The average Bonchev–Trinajstić information content (AvgIpc) is 3.00. The molecule has 0 bridgehead atoms. The van der Waals surface area contributed by atoms with E-state index in [-0.39, 0.29) is 11.8 Å². The van der Waals surface area contributed by atoms with Crippen LogP contribution in [-0.2, 0) is 9.53 Å². The topological polar surface area (TPSA) is 119 Å². The van der Waals surface area contributed by atoms with Gasteiger partial charge in [0.15, 0.2) is 5.82 Å². The lowest BCUT2D eigenvalue weighted by molar-refractivity contribution is -0.148. The number of H-pyrrole nitrogens is 1. The van der Waals surface area contributed by atoms with Crippen LogP contribution in [-0.4, -0.2) is 38.3 Å². The predicted octanol–water partition coefficient (Wildman–Crippen LogP) is 2.48. The van der Waals surface area contributed by atoms with Gasteiger partial charge in [-0.3, -0.25) is 9.89 Å². The Morgan fingerprint density at radius 3 is 2.62 bits per heavy atom. The molecule has 0 radical (unpaired) electrons. The van der Waals surface area contributed by atoms with E-state index in [9.17, 15) is 4.79 Å². The zero-order valence-corrected chi connectivity index (χ0v) is 15.5. The number of aryl methyl sites for hydroxylation is 2. The first kappa shape index (κ1) is 18.3. The molecule has 2 aromatic rings. The van der Waals surface area contributed by atoms with Gasteiger partial charge in [-0.2, -0.15) is 5.10 Å². The molecule has 1 saturated carbocycles. The Morgan fingerprint density at radius 2 is 2.04 bits per heavy atom. The second kappa shape index (κ2) is 7.41. The minimum absolute atomic E-state index is 0.185. The summed E-state index contributed by atoms with van der Waals surface area (Å²) in [4.78, 5) is 21.1. The van der Waals surface area contributed by atoms with Crippen molar-refractivity contribution in [3.63, 3.8) is 0 Å². The Bertz CT molecular complexity index is 780. The van der Waals surface area contributed by atoms with Gasteiger partial charge in [-0.25, -0.2) is 9.97 Å². The molecule has 1 amide bonds. The maximum absolute atomic E-state index is 11.9. The summed E-state index contributed by atoms with van der Waals surface area (Å²) in [6.45, 7) is 6.25. The molecule has 0 aromatic carbocycles. The Labute approximate surface area is 152 Å². The van der Waals surface area contributed by atoms with E-state index in [1.807, 2.05) is 32.9 Å². The Hall–Kier alpha value is -2.48.